The highest BCUT2D eigenvalue weighted by atomic mass is 35.5. The Morgan fingerprint density at radius 1 is 0.960 bits per heavy atom. The average Bonchev–Trinajstić information content (AvgIpc) is 2.60. The first kappa shape index (κ1) is 26.4. The van der Waals surface area contributed by atoms with Crippen LogP contribution in [-0.4, -0.2) is 37.3 Å². The van der Waals surface area contributed by atoms with E-state index in [9.17, 15) is 4.79 Å². The fourth-order valence-corrected chi connectivity index (χ4v) is 3.15. The molecule has 0 rings (SSSR count). The van der Waals surface area contributed by atoms with Crippen molar-refractivity contribution < 1.29 is 26.4 Å². The molecule has 25 heavy (non-hydrogen) atoms. The van der Waals surface area contributed by atoms with Crippen molar-refractivity contribution in [1.82, 2.24) is 0 Å². The number of methoxy groups -OCH3 is 1. The molecule has 1 atom stereocenters. The smallest absolute Gasteiger partial charge is 0.516 e. The molecule has 0 saturated carbocycles. The third-order valence-corrected chi connectivity index (χ3v) is 4.67. The molecule has 0 aliphatic rings. The number of carbonyl (C=O) groups is 1. The van der Waals surface area contributed by atoms with Crippen molar-refractivity contribution in [2.24, 2.45) is 0 Å². The van der Waals surface area contributed by atoms with E-state index in [4.69, 9.17) is 4.74 Å². The third kappa shape index (κ3) is 12.2. The summed E-state index contributed by atoms with van der Waals surface area (Å²) in [6.07, 6.45) is 18.8. The minimum absolute atomic E-state index is 0. The van der Waals surface area contributed by atoms with Crippen molar-refractivity contribution in [1.29, 1.82) is 0 Å². The fraction of sp³-hybridized carbons (Fsp3) is 0.762. The van der Waals surface area contributed by atoms with E-state index < -0.39 is 0 Å². The highest BCUT2D eigenvalue weighted by Gasteiger charge is 2.35. The number of rotatable bonds is 15. The number of hydrogen-bond acceptors (Lipinski definition) is 2. The number of quaternary nitrogens is 1. The summed E-state index contributed by atoms with van der Waals surface area (Å²) in [6, 6.07) is 0. The van der Waals surface area contributed by atoms with E-state index in [1.54, 1.807) is 0 Å². The molecule has 0 heterocycles. The molecule has 0 N–H and O–H groups in total. The molecule has 0 bridgehead atoms. The van der Waals surface area contributed by atoms with Crippen molar-refractivity contribution in [2.45, 2.75) is 78.1 Å². The van der Waals surface area contributed by atoms with E-state index in [1.165, 1.54) is 64.9 Å². The van der Waals surface area contributed by atoms with Gasteiger partial charge in [-0.1, -0.05) is 70.9 Å². The number of nitrogens with zero attached hydrogens (tertiary/aromatic N) is 1. The van der Waals surface area contributed by atoms with Crippen molar-refractivity contribution in [3.8, 4) is 0 Å². The summed E-state index contributed by atoms with van der Waals surface area (Å²) in [4.78, 5) is 12.3. The topological polar surface area (TPSA) is 26.3 Å². The first-order valence-electron chi connectivity index (χ1n) is 9.83. The molecule has 1 unspecified atom stereocenters. The maximum Gasteiger partial charge on any atom is 0.516 e. The number of ether oxygens (including phenoxy) is 1. The maximum absolute atomic E-state index is 12.3. The Morgan fingerprint density at radius 3 is 1.92 bits per heavy atom. The van der Waals surface area contributed by atoms with Gasteiger partial charge >= 0.3 is 6.09 Å². The molecule has 0 aromatic heterocycles. The van der Waals surface area contributed by atoms with Crippen LogP contribution in [0.15, 0.2) is 24.8 Å². The van der Waals surface area contributed by atoms with Crippen LogP contribution >= 0.6 is 0 Å². The zero-order valence-corrected chi connectivity index (χ0v) is 17.5. The van der Waals surface area contributed by atoms with Gasteiger partial charge in [0.25, 0.3) is 0 Å². The van der Waals surface area contributed by atoms with Gasteiger partial charge in [-0.3, -0.25) is 0 Å². The second-order valence-electron chi connectivity index (χ2n) is 6.74. The maximum atomic E-state index is 12.3. The molecule has 0 spiro atoms. The van der Waals surface area contributed by atoms with Gasteiger partial charge in [-0.15, -0.1) is 0 Å². The molecule has 0 saturated heterocycles. The number of halogens is 1. The van der Waals surface area contributed by atoms with E-state index in [-0.39, 0.29) is 18.5 Å². The second-order valence-corrected chi connectivity index (χ2v) is 6.74. The largest absolute Gasteiger partial charge is 1.00 e. The summed E-state index contributed by atoms with van der Waals surface area (Å²) in [5, 5.41) is 0. The Labute approximate surface area is 162 Å². The van der Waals surface area contributed by atoms with Crippen LogP contribution in [0.1, 0.15) is 78.1 Å². The van der Waals surface area contributed by atoms with Gasteiger partial charge in [-0.25, -0.2) is 4.48 Å². The zero-order chi connectivity index (χ0) is 18.1. The average molecular weight is 374 g/mol. The molecular weight excluding hydrogens is 334 g/mol. The first-order valence-corrected chi connectivity index (χ1v) is 9.83. The van der Waals surface area contributed by atoms with Crippen LogP contribution in [0, 0.1) is 0 Å². The minimum atomic E-state index is -0.149. The number of hydrogen-bond donors (Lipinski definition) is 0. The lowest BCUT2D eigenvalue weighted by Crippen LogP contribution is -3.00. The molecule has 3 nitrogen and oxygen atoms in total. The predicted molar refractivity (Wildman–Crippen MR) is 104 cm³/mol. The van der Waals surface area contributed by atoms with Gasteiger partial charge in [0.2, 0.25) is 0 Å². The van der Waals surface area contributed by atoms with Gasteiger partial charge in [0.1, 0.15) is 13.1 Å². The van der Waals surface area contributed by atoms with Crippen LogP contribution in [0.5, 0.6) is 0 Å². The molecule has 0 aliphatic carbocycles. The van der Waals surface area contributed by atoms with Crippen LogP contribution in [0.25, 0.3) is 0 Å². The fourth-order valence-electron chi connectivity index (χ4n) is 3.15. The standard InChI is InChI=1S/C21H40NO2.ClH/c1-5-8-10-11-12-13-14-15-16-17-20-22(18-7-3,19-9-6-2)21(23)24-4;/h6-7,9H,3,5,8,10-20H2,1-2,4H3;1H/q+1;/p-1. The Kier molecular flexibility index (Phi) is 19.0. The van der Waals surface area contributed by atoms with Crippen LogP contribution in [0.2, 0.25) is 0 Å². The van der Waals surface area contributed by atoms with Gasteiger partial charge in [0.15, 0.2) is 0 Å². The van der Waals surface area contributed by atoms with Crippen molar-refractivity contribution in [2.75, 3.05) is 26.7 Å². The van der Waals surface area contributed by atoms with Crippen LogP contribution in [0.4, 0.5) is 4.79 Å². The number of amides is 1. The van der Waals surface area contributed by atoms with E-state index in [0.717, 1.165) is 13.0 Å². The Balaban J connectivity index is 0. The first-order chi connectivity index (χ1) is 11.7. The lowest BCUT2D eigenvalue weighted by molar-refractivity contribution is -0.846. The molecule has 0 aromatic rings. The summed E-state index contributed by atoms with van der Waals surface area (Å²) in [5.74, 6) is 0. The van der Waals surface area contributed by atoms with Gasteiger partial charge in [0, 0.05) is 0 Å². The van der Waals surface area contributed by atoms with E-state index in [1.807, 2.05) is 19.1 Å². The highest BCUT2D eigenvalue weighted by molar-refractivity contribution is 5.59. The quantitative estimate of drug-likeness (QED) is 0.250. The summed E-state index contributed by atoms with van der Waals surface area (Å²) in [5.41, 5.74) is 0. The molecule has 4 heteroatoms. The lowest BCUT2D eigenvalue weighted by Gasteiger charge is -2.32. The van der Waals surface area contributed by atoms with E-state index in [0.29, 0.717) is 17.6 Å². The van der Waals surface area contributed by atoms with Crippen molar-refractivity contribution in [3.63, 3.8) is 0 Å². The normalized spacial score (nSPS) is 13.2. The SMILES string of the molecule is C=CC[N+](CC=CC)(CCCCCCCCCCCC)C(=O)OC.[Cl-]. The summed E-state index contributed by atoms with van der Waals surface area (Å²) in [7, 11) is 1.48. The number of allylic oxidation sites excluding steroid dienone is 1. The summed E-state index contributed by atoms with van der Waals surface area (Å²) >= 11 is 0. The molecule has 148 valence electrons. The van der Waals surface area contributed by atoms with Crippen molar-refractivity contribution in [3.05, 3.63) is 24.8 Å². The van der Waals surface area contributed by atoms with E-state index >= 15 is 0 Å². The van der Waals surface area contributed by atoms with Crippen molar-refractivity contribution >= 4 is 6.09 Å². The zero-order valence-electron chi connectivity index (χ0n) is 16.8. The predicted octanol–water partition coefficient (Wildman–Crippen LogP) is 3.26. The lowest BCUT2D eigenvalue weighted by atomic mass is 10.1. The van der Waals surface area contributed by atoms with Crippen LogP contribution < -0.4 is 12.4 Å². The highest BCUT2D eigenvalue weighted by Crippen LogP contribution is 2.16. The van der Waals surface area contributed by atoms with Crippen LogP contribution in [0.3, 0.4) is 0 Å². The van der Waals surface area contributed by atoms with Crippen LogP contribution in [-0.2, 0) is 4.74 Å². The molecule has 0 aliphatic heterocycles. The van der Waals surface area contributed by atoms with E-state index in [2.05, 4.69) is 19.6 Å². The number of unbranched alkanes of at least 4 members (excludes halogenated alkanes) is 9. The Bertz CT molecular complexity index is 358. The minimum Gasteiger partial charge on any atom is -1.00 e. The summed E-state index contributed by atoms with van der Waals surface area (Å²) < 4.78 is 5.39. The van der Waals surface area contributed by atoms with Gasteiger partial charge in [0.05, 0.1) is 13.7 Å². The van der Waals surface area contributed by atoms with Gasteiger partial charge in [-0.2, -0.15) is 4.79 Å². The Morgan fingerprint density at radius 2 is 1.48 bits per heavy atom. The van der Waals surface area contributed by atoms with Gasteiger partial charge in [-0.05, 0) is 31.9 Å². The number of carbonyl (C=O) groups excluding carboxylic acids is 1. The molecular formula is C21H40ClNO2. The molecule has 0 radical (unpaired) electrons. The Hall–Kier alpha value is -0.800. The van der Waals surface area contributed by atoms with Gasteiger partial charge < -0.3 is 17.1 Å². The molecule has 1 amide bonds. The second kappa shape index (κ2) is 18.0. The summed E-state index contributed by atoms with van der Waals surface area (Å²) in [6.45, 7) is 10.2. The monoisotopic (exact) mass is 373 g/mol. The molecule has 0 fully saturated rings. The third-order valence-electron chi connectivity index (χ3n) is 4.67. The molecule has 0 aromatic carbocycles.